The normalized spacial score (nSPS) is 10.1. The van der Waals surface area contributed by atoms with E-state index in [1.165, 1.54) is 4.68 Å². The third kappa shape index (κ3) is 2.40. The van der Waals surface area contributed by atoms with Gasteiger partial charge in [-0.05, 0) is 24.6 Å². The predicted molar refractivity (Wildman–Crippen MR) is 68.6 cm³/mol. The number of aromatic nitrogens is 2. The van der Waals surface area contributed by atoms with Crippen molar-refractivity contribution in [2.45, 2.75) is 13.5 Å². The number of nitriles is 1. The minimum Gasteiger partial charge on any atom is -0.476 e. The first-order valence-electron chi connectivity index (χ1n) is 5.58. The molecule has 0 bridgehead atoms. The standard InChI is InChI=1S/C13H12N4O2/c1-8-11(13(18)19)16-17(12(8)15)7-10-4-2-9(6-14)3-5-10/h2-5H,7,15H2,1H3,(H,18,19). The fourth-order valence-electron chi connectivity index (χ4n) is 1.75. The molecule has 0 saturated carbocycles. The quantitative estimate of drug-likeness (QED) is 0.863. The number of nitrogen functional groups attached to an aromatic ring is 1. The van der Waals surface area contributed by atoms with Gasteiger partial charge in [-0.1, -0.05) is 12.1 Å². The van der Waals surface area contributed by atoms with Crippen molar-refractivity contribution in [3.63, 3.8) is 0 Å². The molecule has 0 amide bonds. The number of hydrogen-bond donors (Lipinski definition) is 2. The maximum atomic E-state index is 11.0. The molecule has 1 heterocycles. The molecule has 2 rings (SSSR count). The number of nitrogens with zero attached hydrogens (tertiary/aromatic N) is 3. The van der Waals surface area contributed by atoms with Gasteiger partial charge in [-0.3, -0.25) is 0 Å². The van der Waals surface area contributed by atoms with E-state index in [0.717, 1.165) is 5.56 Å². The van der Waals surface area contributed by atoms with Gasteiger partial charge >= 0.3 is 5.97 Å². The predicted octanol–water partition coefficient (Wildman–Crippen LogP) is 1.39. The van der Waals surface area contributed by atoms with Crippen molar-refractivity contribution >= 4 is 11.8 Å². The summed E-state index contributed by atoms with van der Waals surface area (Å²) in [5, 5.41) is 21.7. The van der Waals surface area contributed by atoms with Gasteiger partial charge in [0.05, 0.1) is 18.2 Å². The van der Waals surface area contributed by atoms with Crippen molar-refractivity contribution in [2.24, 2.45) is 0 Å². The van der Waals surface area contributed by atoms with Gasteiger partial charge in [-0.2, -0.15) is 10.4 Å². The number of aromatic carboxylic acids is 1. The lowest BCUT2D eigenvalue weighted by molar-refractivity contribution is 0.0688. The van der Waals surface area contributed by atoms with Crippen LogP contribution in [-0.2, 0) is 6.54 Å². The fourth-order valence-corrected chi connectivity index (χ4v) is 1.75. The third-order valence-electron chi connectivity index (χ3n) is 2.86. The van der Waals surface area contributed by atoms with Crippen molar-refractivity contribution in [2.75, 3.05) is 5.73 Å². The molecule has 0 aliphatic heterocycles. The molecule has 0 atom stereocenters. The molecule has 19 heavy (non-hydrogen) atoms. The van der Waals surface area contributed by atoms with Gasteiger partial charge in [-0.15, -0.1) is 0 Å². The zero-order valence-corrected chi connectivity index (χ0v) is 10.3. The van der Waals surface area contributed by atoms with Crippen molar-refractivity contribution < 1.29 is 9.90 Å². The Morgan fingerprint density at radius 1 is 1.47 bits per heavy atom. The highest BCUT2D eigenvalue weighted by Gasteiger charge is 2.17. The summed E-state index contributed by atoms with van der Waals surface area (Å²) in [7, 11) is 0. The number of benzene rings is 1. The number of nitrogens with two attached hydrogens (primary N) is 1. The molecule has 0 saturated heterocycles. The van der Waals surface area contributed by atoms with Crippen LogP contribution < -0.4 is 5.73 Å². The van der Waals surface area contributed by atoms with Gasteiger partial charge in [0.15, 0.2) is 5.69 Å². The van der Waals surface area contributed by atoms with Gasteiger partial charge in [0.2, 0.25) is 0 Å². The molecule has 0 spiro atoms. The van der Waals surface area contributed by atoms with Crippen LogP contribution in [0.5, 0.6) is 0 Å². The minimum atomic E-state index is -1.09. The van der Waals surface area contributed by atoms with Gasteiger partial charge < -0.3 is 10.8 Å². The zero-order valence-electron chi connectivity index (χ0n) is 10.3. The Labute approximate surface area is 109 Å². The van der Waals surface area contributed by atoms with Gasteiger partial charge in [0, 0.05) is 5.56 Å². The molecule has 1 aromatic heterocycles. The number of anilines is 1. The average molecular weight is 256 g/mol. The molecule has 0 radical (unpaired) electrons. The van der Waals surface area contributed by atoms with Crippen molar-refractivity contribution in [1.29, 1.82) is 5.26 Å². The Hall–Kier alpha value is -2.81. The second-order valence-corrected chi connectivity index (χ2v) is 4.13. The Morgan fingerprint density at radius 3 is 2.58 bits per heavy atom. The van der Waals surface area contributed by atoms with Crippen LogP contribution in [0.15, 0.2) is 24.3 Å². The SMILES string of the molecule is Cc1c(C(=O)O)nn(Cc2ccc(C#N)cc2)c1N. The van der Waals surface area contributed by atoms with E-state index in [4.69, 9.17) is 16.1 Å². The number of carboxylic acid groups (broad SMARTS) is 1. The maximum Gasteiger partial charge on any atom is 0.356 e. The first kappa shape index (κ1) is 12.6. The van der Waals surface area contributed by atoms with Gasteiger partial charge in [0.1, 0.15) is 5.82 Å². The molecule has 6 heteroatoms. The Balaban J connectivity index is 2.30. The minimum absolute atomic E-state index is 0.0360. The molecule has 0 aliphatic rings. The largest absolute Gasteiger partial charge is 0.476 e. The van der Waals surface area contributed by atoms with E-state index in [2.05, 4.69) is 5.10 Å². The third-order valence-corrected chi connectivity index (χ3v) is 2.86. The number of rotatable bonds is 3. The molecule has 0 unspecified atom stereocenters. The van der Waals surface area contributed by atoms with Crippen LogP contribution in [0, 0.1) is 18.3 Å². The number of hydrogen-bond acceptors (Lipinski definition) is 4. The summed E-state index contributed by atoms with van der Waals surface area (Å²) in [5.41, 5.74) is 7.72. The molecule has 96 valence electrons. The van der Waals surface area contributed by atoms with Crippen LogP contribution in [0.25, 0.3) is 0 Å². The Morgan fingerprint density at radius 2 is 2.11 bits per heavy atom. The Kier molecular flexibility index (Phi) is 3.21. The smallest absolute Gasteiger partial charge is 0.356 e. The lowest BCUT2D eigenvalue weighted by Crippen LogP contribution is -2.07. The molecule has 2 aromatic rings. The first-order chi connectivity index (χ1) is 9.02. The lowest BCUT2D eigenvalue weighted by Gasteiger charge is -2.04. The summed E-state index contributed by atoms with van der Waals surface area (Å²) in [6, 6.07) is 9.00. The van der Waals surface area contributed by atoms with E-state index in [1.807, 2.05) is 6.07 Å². The summed E-state index contributed by atoms with van der Waals surface area (Å²) in [4.78, 5) is 11.0. The highest BCUT2D eigenvalue weighted by Crippen LogP contribution is 2.17. The van der Waals surface area contributed by atoms with E-state index in [9.17, 15) is 4.79 Å². The number of carboxylic acids is 1. The van der Waals surface area contributed by atoms with E-state index in [-0.39, 0.29) is 5.69 Å². The summed E-state index contributed by atoms with van der Waals surface area (Å²) >= 11 is 0. The molecule has 3 N–H and O–H groups in total. The van der Waals surface area contributed by atoms with Gasteiger partial charge in [-0.25, -0.2) is 9.48 Å². The van der Waals surface area contributed by atoms with E-state index >= 15 is 0 Å². The molecule has 6 nitrogen and oxygen atoms in total. The van der Waals surface area contributed by atoms with Gasteiger partial charge in [0.25, 0.3) is 0 Å². The highest BCUT2D eigenvalue weighted by atomic mass is 16.4. The maximum absolute atomic E-state index is 11.0. The fraction of sp³-hybridized carbons (Fsp3) is 0.154. The van der Waals surface area contributed by atoms with E-state index in [1.54, 1.807) is 31.2 Å². The molecule has 1 aromatic carbocycles. The topological polar surface area (TPSA) is 105 Å². The van der Waals surface area contributed by atoms with Crippen LogP contribution in [0.3, 0.4) is 0 Å². The second kappa shape index (κ2) is 4.82. The lowest BCUT2D eigenvalue weighted by atomic mass is 10.1. The van der Waals surface area contributed by atoms with Crippen LogP contribution >= 0.6 is 0 Å². The summed E-state index contributed by atoms with van der Waals surface area (Å²) in [6.45, 7) is 1.99. The zero-order chi connectivity index (χ0) is 14.0. The van der Waals surface area contributed by atoms with Crippen molar-refractivity contribution in [3.8, 4) is 6.07 Å². The van der Waals surface area contributed by atoms with Crippen LogP contribution in [0.1, 0.15) is 27.2 Å². The van der Waals surface area contributed by atoms with Crippen molar-refractivity contribution in [1.82, 2.24) is 9.78 Å². The highest BCUT2D eigenvalue weighted by molar-refractivity contribution is 5.88. The number of carbonyl (C=O) groups is 1. The first-order valence-corrected chi connectivity index (χ1v) is 5.58. The molecule has 0 fully saturated rings. The summed E-state index contributed by atoms with van der Waals surface area (Å²) in [5.74, 6) is -0.760. The molecule has 0 aliphatic carbocycles. The van der Waals surface area contributed by atoms with Crippen LogP contribution in [0.2, 0.25) is 0 Å². The molecular formula is C13H12N4O2. The monoisotopic (exact) mass is 256 g/mol. The van der Waals surface area contributed by atoms with E-state index in [0.29, 0.717) is 23.5 Å². The average Bonchev–Trinajstić information content (AvgIpc) is 2.68. The second-order valence-electron chi connectivity index (χ2n) is 4.13. The summed E-state index contributed by atoms with van der Waals surface area (Å²) in [6.07, 6.45) is 0. The van der Waals surface area contributed by atoms with E-state index < -0.39 is 5.97 Å². The van der Waals surface area contributed by atoms with Crippen LogP contribution in [0.4, 0.5) is 5.82 Å². The van der Waals surface area contributed by atoms with Crippen molar-refractivity contribution in [3.05, 3.63) is 46.6 Å². The summed E-state index contributed by atoms with van der Waals surface area (Å²) < 4.78 is 1.44. The molecular weight excluding hydrogens is 244 g/mol. The van der Waals surface area contributed by atoms with Crippen LogP contribution in [-0.4, -0.2) is 20.9 Å². The Bertz CT molecular complexity index is 665.